The van der Waals surface area contributed by atoms with Gasteiger partial charge in [0.05, 0.1) is 5.69 Å². The van der Waals surface area contributed by atoms with Crippen molar-refractivity contribution in [2.75, 3.05) is 49.1 Å². The van der Waals surface area contributed by atoms with Crippen molar-refractivity contribution in [2.24, 2.45) is 5.92 Å². The van der Waals surface area contributed by atoms with E-state index < -0.39 is 0 Å². The molecular formula is C26H27ClFN5O. The summed E-state index contributed by atoms with van der Waals surface area (Å²) in [5.74, 6) is 0.875. The van der Waals surface area contributed by atoms with Crippen LogP contribution in [0.3, 0.4) is 0 Å². The maximum absolute atomic E-state index is 13.1. The minimum atomic E-state index is -0.269. The predicted molar refractivity (Wildman–Crippen MR) is 133 cm³/mol. The summed E-state index contributed by atoms with van der Waals surface area (Å²) in [7, 11) is 0. The first kappa shape index (κ1) is 22.6. The molecule has 0 atom stereocenters. The Morgan fingerprint density at radius 3 is 2.09 bits per heavy atom. The second kappa shape index (κ2) is 9.97. The molecule has 2 saturated heterocycles. The van der Waals surface area contributed by atoms with Crippen LogP contribution < -0.4 is 9.80 Å². The van der Waals surface area contributed by atoms with Crippen molar-refractivity contribution in [2.45, 2.75) is 12.8 Å². The average Bonchev–Trinajstić information content (AvgIpc) is 2.90. The van der Waals surface area contributed by atoms with Gasteiger partial charge in [0.15, 0.2) is 5.82 Å². The van der Waals surface area contributed by atoms with Gasteiger partial charge in [0.2, 0.25) is 5.91 Å². The number of halogens is 2. The molecule has 0 unspecified atom stereocenters. The van der Waals surface area contributed by atoms with Crippen LogP contribution in [0.15, 0.2) is 60.7 Å². The van der Waals surface area contributed by atoms with E-state index in [4.69, 9.17) is 11.6 Å². The highest BCUT2D eigenvalue weighted by molar-refractivity contribution is 6.30. The second-order valence-corrected chi connectivity index (χ2v) is 9.27. The summed E-state index contributed by atoms with van der Waals surface area (Å²) in [6, 6.07) is 18.0. The average molecular weight is 480 g/mol. The van der Waals surface area contributed by atoms with Gasteiger partial charge in [0.25, 0.3) is 0 Å². The monoisotopic (exact) mass is 479 g/mol. The number of piperazine rings is 1. The molecular weight excluding hydrogens is 453 g/mol. The van der Waals surface area contributed by atoms with Gasteiger partial charge >= 0.3 is 0 Å². The minimum absolute atomic E-state index is 0.0600. The summed E-state index contributed by atoms with van der Waals surface area (Å²) in [6.07, 6.45) is 1.63. The third-order valence-corrected chi connectivity index (χ3v) is 6.99. The van der Waals surface area contributed by atoms with Crippen molar-refractivity contribution >= 4 is 29.0 Å². The molecule has 176 valence electrons. The lowest BCUT2D eigenvalue weighted by Crippen LogP contribution is -2.51. The lowest BCUT2D eigenvalue weighted by molar-refractivity contribution is -0.136. The molecule has 6 nitrogen and oxygen atoms in total. The number of rotatable bonds is 4. The van der Waals surface area contributed by atoms with E-state index in [9.17, 15) is 9.18 Å². The van der Waals surface area contributed by atoms with Crippen molar-refractivity contribution in [3.8, 4) is 11.3 Å². The summed E-state index contributed by atoms with van der Waals surface area (Å²) in [5, 5.41) is 9.43. The van der Waals surface area contributed by atoms with Gasteiger partial charge in [-0.25, -0.2) is 4.39 Å². The van der Waals surface area contributed by atoms with Crippen LogP contribution in [0.4, 0.5) is 15.9 Å². The lowest BCUT2D eigenvalue weighted by Gasteiger charge is -2.39. The first-order chi connectivity index (χ1) is 16.6. The minimum Gasteiger partial charge on any atom is -0.368 e. The van der Waals surface area contributed by atoms with Crippen LogP contribution in [-0.2, 0) is 4.79 Å². The molecule has 0 spiro atoms. The maximum Gasteiger partial charge on any atom is 0.225 e. The zero-order valence-corrected chi connectivity index (χ0v) is 19.7. The molecule has 1 aromatic heterocycles. The van der Waals surface area contributed by atoms with E-state index in [-0.39, 0.29) is 17.6 Å². The van der Waals surface area contributed by atoms with E-state index in [1.54, 1.807) is 12.1 Å². The Hall–Kier alpha value is -3.19. The van der Waals surface area contributed by atoms with E-state index in [0.29, 0.717) is 5.69 Å². The molecule has 2 aliphatic rings. The number of benzene rings is 2. The largest absolute Gasteiger partial charge is 0.368 e. The maximum atomic E-state index is 13.1. The lowest BCUT2D eigenvalue weighted by atomic mass is 9.95. The van der Waals surface area contributed by atoms with Gasteiger partial charge < -0.3 is 14.7 Å². The summed E-state index contributed by atoms with van der Waals surface area (Å²) in [4.78, 5) is 19.6. The Labute approximate surface area is 204 Å². The highest BCUT2D eigenvalue weighted by Gasteiger charge is 2.31. The normalized spacial score (nSPS) is 17.2. The highest BCUT2D eigenvalue weighted by atomic mass is 35.5. The molecule has 1 amide bonds. The van der Waals surface area contributed by atoms with Crippen LogP contribution in [-0.4, -0.2) is 60.3 Å². The van der Waals surface area contributed by atoms with Crippen molar-refractivity contribution in [1.29, 1.82) is 0 Å². The van der Waals surface area contributed by atoms with E-state index in [1.807, 2.05) is 41.3 Å². The van der Waals surface area contributed by atoms with Gasteiger partial charge in [0, 0.05) is 61.5 Å². The standard InChI is InChI=1S/C26H27ClFN5O/c27-21-3-7-23(8-4-21)31-15-17-33(18-16-31)26(34)20-11-13-32(14-12-20)25-10-9-24(29-30-25)19-1-5-22(28)6-2-19/h1-10,20H,11-18H2. The van der Waals surface area contributed by atoms with Crippen LogP contribution in [0.5, 0.6) is 0 Å². The number of hydrogen-bond donors (Lipinski definition) is 0. The van der Waals surface area contributed by atoms with E-state index in [0.717, 1.165) is 74.2 Å². The molecule has 5 rings (SSSR count). The van der Waals surface area contributed by atoms with Gasteiger partial charge in [-0.15, -0.1) is 10.2 Å². The van der Waals surface area contributed by atoms with E-state index >= 15 is 0 Å². The Morgan fingerprint density at radius 1 is 0.794 bits per heavy atom. The number of carbonyl (C=O) groups is 1. The fourth-order valence-corrected chi connectivity index (χ4v) is 4.85. The third kappa shape index (κ3) is 4.99. The first-order valence-corrected chi connectivity index (χ1v) is 12.1. The first-order valence-electron chi connectivity index (χ1n) is 11.7. The fourth-order valence-electron chi connectivity index (χ4n) is 4.72. The number of amides is 1. The number of nitrogens with zero attached hydrogens (tertiary/aromatic N) is 5. The predicted octanol–water partition coefficient (Wildman–Crippen LogP) is 4.50. The zero-order chi connectivity index (χ0) is 23.5. The molecule has 2 aliphatic heterocycles. The molecule has 0 bridgehead atoms. The molecule has 0 aliphatic carbocycles. The Morgan fingerprint density at radius 2 is 1.47 bits per heavy atom. The number of carbonyl (C=O) groups excluding carboxylic acids is 1. The van der Waals surface area contributed by atoms with Crippen LogP contribution in [0.1, 0.15) is 12.8 Å². The van der Waals surface area contributed by atoms with Crippen LogP contribution in [0.25, 0.3) is 11.3 Å². The number of anilines is 2. The topological polar surface area (TPSA) is 52.6 Å². The smallest absolute Gasteiger partial charge is 0.225 e. The second-order valence-electron chi connectivity index (χ2n) is 8.83. The van der Waals surface area contributed by atoms with Crippen molar-refractivity contribution in [3.05, 3.63) is 71.5 Å². The van der Waals surface area contributed by atoms with Crippen LogP contribution >= 0.6 is 11.6 Å². The SMILES string of the molecule is O=C(C1CCN(c2ccc(-c3ccc(F)cc3)nn2)CC1)N1CCN(c2ccc(Cl)cc2)CC1. The number of aromatic nitrogens is 2. The molecule has 2 aromatic carbocycles. The zero-order valence-electron chi connectivity index (χ0n) is 18.9. The Balaban J connectivity index is 1.12. The highest BCUT2D eigenvalue weighted by Crippen LogP contribution is 2.26. The summed E-state index contributed by atoms with van der Waals surface area (Å²) in [6.45, 7) is 4.73. The van der Waals surface area contributed by atoms with E-state index in [2.05, 4.69) is 20.0 Å². The molecule has 2 fully saturated rings. The van der Waals surface area contributed by atoms with Crippen molar-refractivity contribution < 1.29 is 9.18 Å². The quantitative estimate of drug-likeness (QED) is 0.551. The molecule has 0 N–H and O–H groups in total. The van der Waals surface area contributed by atoms with Crippen molar-refractivity contribution in [1.82, 2.24) is 15.1 Å². The number of hydrogen-bond acceptors (Lipinski definition) is 5. The van der Waals surface area contributed by atoms with Gasteiger partial charge in [-0.1, -0.05) is 11.6 Å². The summed E-state index contributed by atoms with van der Waals surface area (Å²) < 4.78 is 13.1. The fraction of sp³-hybridized carbons (Fsp3) is 0.346. The molecule has 3 heterocycles. The molecule has 0 saturated carbocycles. The molecule has 3 aromatic rings. The molecule has 0 radical (unpaired) electrons. The molecule has 8 heteroatoms. The van der Waals surface area contributed by atoms with E-state index in [1.165, 1.54) is 12.1 Å². The summed E-state index contributed by atoms with van der Waals surface area (Å²) >= 11 is 5.99. The van der Waals surface area contributed by atoms with Gasteiger partial charge in [-0.3, -0.25) is 4.79 Å². The van der Waals surface area contributed by atoms with Crippen LogP contribution in [0, 0.1) is 11.7 Å². The van der Waals surface area contributed by atoms with Crippen molar-refractivity contribution in [3.63, 3.8) is 0 Å². The Bertz CT molecular complexity index is 1110. The van der Waals surface area contributed by atoms with Gasteiger partial charge in [-0.2, -0.15) is 0 Å². The Kier molecular flexibility index (Phi) is 6.63. The van der Waals surface area contributed by atoms with Gasteiger partial charge in [-0.05, 0) is 73.5 Å². The third-order valence-electron chi connectivity index (χ3n) is 6.74. The molecule has 34 heavy (non-hydrogen) atoms. The van der Waals surface area contributed by atoms with Crippen LogP contribution in [0.2, 0.25) is 5.02 Å². The summed E-state index contributed by atoms with van der Waals surface area (Å²) in [5.41, 5.74) is 2.70. The van der Waals surface area contributed by atoms with Gasteiger partial charge in [0.1, 0.15) is 5.82 Å². The number of piperidine rings is 1.